The number of carboxylic acids is 1. The number of hydrogen-bond donors (Lipinski definition) is 3. The lowest BCUT2D eigenvalue weighted by atomic mass is 10.0. The Kier molecular flexibility index (Phi) is 6.54. The van der Waals surface area contributed by atoms with E-state index in [4.69, 9.17) is 10.8 Å². The zero-order valence-corrected chi connectivity index (χ0v) is 8.42. The van der Waals surface area contributed by atoms with Gasteiger partial charge >= 0.3 is 5.97 Å². The third-order valence-electron chi connectivity index (χ3n) is 1.78. The molecule has 0 aliphatic rings. The highest BCUT2D eigenvalue weighted by molar-refractivity contribution is 5.73. The van der Waals surface area contributed by atoms with Gasteiger partial charge in [-0.25, -0.2) is 0 Å². The molecule has 0 heterocycles. The molecule has 13 heavy (non-hydrogen) atoms. The van der Waals surface area contributed by atoms with E-state index in [9.17, 15) is 4.79 Å². The van der Waals surface area contributed by atoms with Crippen molar-refractivity contribution < 1.29 is 9.90 Å². The first-order valence-electron chi connectivity index (χ1n) is 4.74. The van der Waals surface area contributed by atoms with Crippen LogP contribution in [0.5, 0.6) is 0 Å². The Morgan fingerprint density at radius 1 is 1.54 bits per heavy atom. The fraction of sp³-hybridized carbons (Fsp3) is 0.889. The number of carboxylic acid groups (broad SMARTS) is 1. The van der Waals surface area contributed by atoms with E-state index in [2.05, 4.69) is 5.32 Å². The molecule has 4 N–H and O–H groups in total. The predicted molar refractivity (Wildman–Crippen MR) is 52.6 cm³/mol. The van der Waals surface area contributed by atoms with E-state index in [0.717, 1.165) is 6.42 Å². The third kappa shape index (κ3) is 6.54. The lowest BCUT2D eigenvalue weighted by Crippen LogP contribution is -2.38. The van der Waals surface area contributed by atoms with Crippen molar-refractivity contribution in [3.63, 3.8) is 0 Å². The van der Waals surface area contributed by atoms with Crippen LogP contribution in [0, 0.1) is 5.92 Å². The normalized spacial score (nSPS) is 13.2. The smallest absolute Gasteiger partial charge is 0.320 e. The highest BCUT2D eigenvalue weighted by atomic mass is 16.4. The average molecular weight is 188 g/mol. The van der Waals surface area contributed by atoms with Crippen molar-refractivity contribution >= 4 is 5.97 Å². The van der Waals surface area contributed by atoms with Gasteiger partial charge in [-0.3, -0.25) is 4.79 Å². The third-order valence-corrected chi connectivity index (χ3v) is 1.78. The second kappa shape index (κ2) is 6.86. The molecule has 0 fully saturated rings. The summed E-state index contributed by atoms with van der Waals surface area (Å²) in [6.45, 7) is 5.31. The lowest BCUT2D eigenvalue weighted by molar-refractivity contribution is -0.139. The number of nitrogens with two attached hydrogens (primary N) is 1. The fourth-order valence-electron chi connectivity index (χ4n) is 1.12. The summed E-state index contributed by atoms with van der Waals surface area (Å²) in [6.07, 6.45) is 1.49. The number of nitrogens with one attached hydrogen (secondary N) is 1. The van der Waals surface area contributed by atoms with Gasteiger partial charge in [0.1, 0.15) is 6.04 Å². The van der Waals surface area contributed by atoms with Crippen LogP contribution in [-0.4, -0.2) is 30.2 Å². The molecular formula is C9H20N2O2. The highest BCUT2D eigenvalue weighted by Gasteiger charge is 2.17. The molecule has 0 aromatic heterocycles. The minimum absolute atomic E-state index is 0.395. The van der Waals surface area contributed by atoms with Gasteiger partial charge in [0, 0.05) is 0 Å². The minimum Gasteiger partial charge on any atom is -0.480 e. The van der Waals surface area contributed by atoms with Crippen LogP contribution in [0.3, 0.4) is 0 Å². The molecule has 0 bridgehead atoms. The van der Waals surface area contributed by atoms with Crippen molar-refractivity contribution in [1.82, 2.24) is 5.32 Å². The van der Waals surface area contributed by atoms with Gasteiger partial charge in [-0.15, -0.1) is 0 Å². The molecule has 0 aromatic carbocycles. The molecular weight excluding hydrogens is 168 g/mol. The van der Waals surface area contributed by atoms with Gasteiger partial charge in [-0.2, -0.15) is 0 Å². The fourth-order valence-corrected chi connectivity index (χ4v) is 1.12. The Morgan fingerprint density at radius 2 is 2.15 bits per heavy atom. The van der Waals surface area contributed by atoms with Gasteiger partial charge < -0.3 is 16.2 Å². The Bertz CT molecular complexity index is 149. The monoisotopic (exact) mass is 188 g/mol. The topological polar surface area (TPSA) is 75.3 Å². The molecule has 0 saturated heterocycles. The first kappa shape index (κ1) is 12.4. The predicted octanol–water partition coefficient (Wildman–Crippen LogP) is 0.424. The molecule has 0 aromatic rings. The van der Waals surface area contributed by atoms with Crippen LogP contribution in [0.1, 0.15) is 26.7 Å². The van der Waals surface area contributed by atoms with Crippen molar-refractivity contribution in [2.24, 2.45) is 11.7 Å². The summed E-state index contributed by atoms with van der Waals surface area (Å²) >= 11 is 0. The number of rotatable bonds is 7. The molecule has 0 amide bonds. The number of hydrogen-bond acceptors (Lipinski definition) is 3. The summed E-state index contributed by atoms with van der Waals surface area (Å²) in [6, 6.07) is -0.424. The molecule has 4 nitrogen and oxygen atoms in total. The largest absolute Gasteiger partial charge is 0.480 e. The van der Waals surface area contributed by atoms with E-state index in [1.165, 1.54) is 0 Å². The number of aliphatic carboxylic acids is 1. The Labute approximate surface area is 79.5 Å². The van der Waals surface area contributed by atoms with Gasteiger partial charge in [0.05, 0.1) is 0 Å². The van der Waals surface area contributed by atoms with Crippen LogP contribution < -0.4 is 11.1 Å². The van der Waals surface area contributed by atoms with Gasteiger partial charge in [-0.1, -0.05) is 13.8 Å². The Hall–Kier alpha value is -0.610. The maximum atomic E-state index is 10.7. The second-order valence-corrected chi connectivity index (χ2v) is 3.62. The van der Waals surface area contributed by atoms with Crippen LogP contribution in [0.4, 0.5) is 0 Å². The van der Waals surface area contributed by atoms with E-state index in [0.29, 0.717) is 25.4 Å². The highest BCUT2D eigenvalue weighted by Crippen LogP contribution is 2.04. The van der Waals surface area contributed by atoms with Crippen LogP contribution in [0.2, 0.25) is 0 Å². The summed E-state index contributed by atoms with van der Waals surface area (Å²) in [4.78, 5) is 10.7. The molecule has 0 saturated carbocycles. The zero-order valence-electron chi connectivity index (χ0n) is 8.42. The summed E-state index contributed by atoms with van der Waals surface area (Å²) < 4.78 is 0. The summed E-state index contributed by atoms with van der Waals surface area (Å²) in [5.74, 6) is -0.378. The zero-order chi connectivity index (χ0) is 10.3. The molecule has 1 atom stereocenters. The molecule has 0 radical (unpaired) electrons. The quantitative estimate of drug-likeness (QED) is 0.506. The van der Waals surface area contributed by atoms with E-state index in [-0.39, 0.29) is 0 Å². The van der Waals surface area contributed by atoms with Crippen LogP contribution in [-0.2, 0) is 4.79 Å². The van der Waals surface area contributed by atoms with Crippen LogP contribution in [0.15, 0.2) is 0 Å². The van der Waals surface area contributed by atoms with E-state index >= 15 is 0 Å². The maximum Gasteiger partial charge on any atom is 0.320 e. The van der Waals surface area contributed by atoms with Crippen molar-refractivity contribution in [3.05, 3.63) is 0 Å². The second-order valence-electron chi connectivity index (χ2n) is 3.62. The molecule has 0 aliphatic carbocycles. The van der Waals surface area contributed by atoms with Gasteiger partial charge in [0.2, 0.25) is 0 Å². The van der Waals surface area contributed by atoms with Crippen molar-refractivity contribution in [2.45, 2.75) is 32.7 Å². The standard InChI is InChI=1S/C9H20N2O2/c1-7(2)6-8(9(12)13)11-5-3-4-10/h7-8,11H,3-6,10H2,1-2H3,(H,12,13)/t8-/m0/s1. The van der Waals surface area contributed by atoms with Gasteiger partial charge in [0.25, 0.3) is 0 Å². The van der Waals surface area contributed by atoms with E-state index in [1.807, 2.05) is 13.8 Å². The average Bonchev–Trinajstić information content (AvgIpc) is 2.02. The molecule has 0 unspecified atom stereocenters. The van der Waals surface area contributed by atoms with E-state index < -0.39 is 12.0 Å². The molecule has 4 heteroatoms. The van der Waals surface area contributed by atoms with Crippen LogP contribution >= 0.6 is 0 Å². The van der Waals surface area contributed by atoms with Crippen molar-refractivity contribution in [1.29, 1.82) is 0 Å². The molecule has 0 spiro atoms. The molecule has 78 valence electrons. The minimum atomic E-state index is -0.772. The number of carbonyl (C=O) groups is 1. The SMILES string of the molecule is CC(C)C[C@H](NCCCN)C(=O)O. The first-order valence-corrected chi connectivity index (χ1v) is 4.74. The summed E-state index contributed by atoms with van der Waals surface area (Å²) in [5.41, 5.74) is 5.30. The van der Waals surface area contributed by atoms with Crippen molar-refractivity contribution in [3.8, 4) is 0 Å². The molecule has 0 rings (SSSR count). The summed E-state index contributed by atoms with van der Waals surface area (Å²) in [7, 11) is 0. The summed E-state index contributed by atoms with van der Waals surface area (Å²) in [5, 5.41) is 11.8. The Balaban J connectivity index is 3.74. The maximum absolute atomic E-state index is 10.7. The van der Waals surface area contributed by atoms with Crippen molar-refractivity contribution in [2.75, 3.05) is 13.1 Å². The lowest BCUT2D eigenvalue weighted by Gasteiger charge is -2.15. The molecule has 0 aliphatic heterocycles. The van der Waals surface area contributed by atoms with E-state index in [1.54, 1.807) is 0 Å². The Morgan fingerprint density at radius 3 is 2.54 bits per heavy atom. The van der Waals surface area contributed by atoms with Gasteiger partial charge in [0.15, 0.2) is 0 Å². The van der Waals surface area contributed by atoms with Gasteiger partial charge in [-0.05, 0) is 31.8 Å². The van der Waals surface area contributed by atoms with Crippen LogP contribution in [0.25, 0.3) is 0 Å². The first-order chi connectivity index (χ1) is 6.07.